The van der Waals surface area contributed by atoms with Gasteiger partial charge in [0.05, 0.1) is 24.9 Å². The van der Waals surface area contributed by atoms with Crippen molar-refractivity contribution in [3.8, 4) is 0 Å². The van der Waals surface area contributed by atoms with Crippen molar-refractivity contribution in [3.63, 3.8) is 0 Å². The van der Waals surface area contributed by atoms with Gasteiger partial charge in [-0.3, -0.25) is 28.8 Å². The van der Waals surface area contributed by atoms with Crippen LogP contribution in [0.1, 0.15) is 101 Å². The van der Waals surface area contributed by atoms with Gasteiger partial charge in [0.2, 0.25) is 27.7 Å². The summed E-state index contributed by atoms with van der Waals surface area (Å²) in [5.41, 5.74) is 1.35. The molecule has 5 atom stereocenters. The number of aryl methyl sites for hydroxylation is 1. The molecule has 17 heteroatoms. The topological polar surface area (TPSA) is 201 Å². The third kappa shape index (κ3) is 9.13. The predicted octanol–water partition coefficient (Wildman–Crippen LogP) is 3.03. The lowest BCUT2D eigenvalue weighted by molar-refractivity contribution is -0.142. The number of nitrogens with zero attached hydrogens (tertiary/aromatic N) is 3. The minimum atomic E-state index is -3.93. The van der Waals surface area contributed by atoms with E-state index in [-0.39, 0.29) is 50.4 Å². The molecule has 0 radical (unpaired) electrons. The molecule has 6 aliphatic rings. The summed E-state index contributed by atoms with van der Waals surface area (Å²) >= 11 is 0. The highest BCUT2D eigenvalue weighted by atomic mass is 32.2. The van der Waals surface area contributed by atoms with E-state index >= 15 is 0 Å². The number of alkyl carbamates (subject to hydrolysis) is 1. The third-order valence-corrected chi connectivity index (χ3v) is 14.4. The molecule has 1 aromatic carbocycles. The highest BCUT2D eigenvalue weighted by molar-refractivity contribution is 7.91. The summed E-state index contributed by atoms with van der Waals surface area (Å²) in [6.07, 6.45) is 5.31. The van der Waals surface area contributed by atoms with E-state index in [0.29, 0.717) is 51.6 Å². The molecule has 1 aromatic rings. The van der Waals surface area contributed by atoms with Crippen molar-refractivity contribution in [2.75, 3.05) is 26.2 Å². The second kappa shape index (κ2) is 16.5. The van der Waals surface area contributed by atoms with Crippen LogP contribution in [-0.4, -0.2) is 114 Å². The highest BCUT2D eigenvalue weighted by Crippen LogP contribution is 2.48. The first-order valence-electron chi connectivity index (χ1n) is 20.7. The summed E-state index contributed by atoms with van der Waals surface area (Å²) in [7, 11) is -3.93. The lowest BCUT2D eigenvalue weighted by atomic mass is 9.87. The molecule has 2 saturated heterocycles. The van der Waals surface area contributed by atoms with Gasteiger partial charge >= 0.3 is 12.2 Å². The molecule has 5 unspecified atom stereocenters. The van der Waals surface area contributed by atoms with Crippen LogP contribution in [0.5, 0.6) is 0 Å². The zero-order valence-electron chi connectivity index (χ0n) is 33.5. The Morgan fingerprint density at radius 1 is 0.983 bits per heavy atom. The fourth-order valence-electron chi connectivity index (χ4n) is 8.93. The Kier molecular flexibility index (Phi) is 11.8. The van der Waals surface area contributed by atoms with E-state index in [1.165, 1.54) is 9.80 Å². The smallest absolute Gasteiger partial charge is 0.410 e. The van der Waals surface area contributed by atoms with Gasteiger partial charge in [0.15, 0.2) is 0 Å². The molecular weight excluding hydrogens is 769 g/mol. The molecule has 0 spiro atoms. The number of hydrogen-bond acceptors (Lipinski definition) is 10. The second-order valence-electron chi connectivity index (χ2n) is 17.7. The van der Waals surface area contributed by atoms with E-state index in [4.69, 9.17) is 9.47 Å². The molecule has 58 heavy (non-hydrogen) atoms. The first kappa shape index (κ1) is 41.5. The molecule has 4 aliphatic heterocycles. The number of cyclic esters (lactones) is 1. The van der Waals surface area contributed by atoms with E-state index in [0.717, 1.165) is 48.4 Å². The van der Waals surface area contributed by atoms with E-state index in [1.54, 1.807) is 4.90 Å². The van der Waals surface area contributed by atoms with Crippen molar-refractivity contribution in [2.45, 2.75) is 133 Å². The molecule has 2 saturated carbocycles. The number of amides is 6. The highest BCUT2D eigenvalue weighted by Gasteiger charge is 2.62. The molecular formula is C41H56N6O10S. The van der Waals surface area contributed by atoms with Crippen LogP contribution in [0, 0.1) is 11.3 Å². The molecule has 16 nitrogen and oxygen atoms in total. The van der Waals surface area contributed by atoms with Crippen LogP contribution in [-0.2, 0) is 58.2 Å². The molecule has 5 bridgehead atoms. The average Bonchev–Trinajstić information content (AvgIpc) is 4.07. The molecule has 7 rings (SSSR count). The van der Waals surface area contributed by atoms with Crippen LogP contribution in [0.4, 0.5) is 9.59 Å². The van der Waals surface area contributed by atoms with Crippen molar-refractivity contribution >= 4 is 45.8 Å². The van der Waals surface area contributed by atoms with Crippen molar-refractivity contribution in [1.29, 1.82) is 0 Å². The van der Waals surface area contributed by atoms with Gasteiger partial charge in [0.25, 0.3) is 5.91 Å². The van der Waals surface area contributed by atoms with Crippen molar-refractivity contribution in [3.05, 3.63) is 47.5 Å². The zero-order chi connectivity index (χ0) is 41.4. The molecule has 0 aromatic heterocycles. The van der Waals surface area contributed by atoms with Crippen LogP contribution in [0.15, 0.2) is 30.9 Å². The van der Waals surface area contributed by atoms with E-state index < -0.39 is 74.8 Å². The first-order valence-corrected chi connectivity index (χ1v) is 22.2. The van der Waals surface area contributed by atoms with Gasteiger partial charge < -0.3 is 29.9 Å². The van der Waals surface area contributed by atoms with Crippen molar-refractivity contribution in [2.24, 2.45) is 11.3 Å². The maximum Gasteiger partial charge on any atom is 0.410 e. The Morgan fingerprint density at radius 3 is 2.52 bits per heavy atom. The lowest BCUT2D eigenvalue weighted by Gasteiger charge is -2.32. The standard InChI is InChI=1S/C41H56N6O10S/c1-4-34(48)45-18-9-5-6-14-28-20-41(28,37(51)44-58(54,55)30-15-16-30)43-35(49)33-19-29-22-47(33)36(50)32(24-45)42-38(52)56-25-40(2,3)17-8-7-11-26-12-10-13-27-21-46(23-31(26)27)39(53)57-29/h4,10,12-13,28-30,32-33H,1,5-9,11,14-25H2,2-3H3,(H,42,52)(H,43,49)(H,44,51). The second-order valence-corrected chi connectivity index (χ2v) is 19.6. The third-order valence-electron chi connectivity index (χ3n) is 12.6. The van der Waals surface area contributed by atoms with E-state index in [1.807, 2.05) is 26.0 Å². The van der Waals surface area contributed by atoms with Gasteiger partial charge in [-0.1, -0.05) is 57.9 Å². The van der Waals surface area contributed by atoms with Gasteiger partial charge in [-0.05, 0) is 85.5 Å². The summed E-state index contributed by atoms with van der Waals surface area (Å²) in [5, 5.41) is 4.87. The van der Waals surface area contributed by atoms with Crippen LogP contribution in [0.25, 0.3) is 0 Å². The van der Waals surface area contributed by atoms with Gasteiger partial charge in [-0.2, -0.15) is 0 Å². The molecule has 3 N–H and O–H groups in total. The summed E-state index contributed by atoms with van der Waals surface area (Å²) in [6, 6.07) is 3.40. The fraction of sp³-hybridized carbons (Fsp3) is 0.659. The van der Waals surface area contributed by atoms with Crippen molar-refractivity contribution < 1.29 is 46.7 Å². The van der Waals surface area contributed by atoms with Gasteiger partial charge in [-0.15, -0.1) is 0 Å². The minimum Gasteiger partial charge on any atom is -0.449 e. The first-order chi connectivity index (χ1) is 27.6. The number of sulfonamides is 1. The molecule has 4 fully saturated rings. The monoisotopic (exact) mass is 824 g/mol. The van der Waals surface area contributed by atoms with Crippen LogP contribution >= 0.6 is 0 Å². The average molecular weight is 825 g/mol. The van der Waals surface area contributed by atoms with Gasteiger partial charge in [0.1, 0.15) is 23.7 Å². The zero-order valence-corrected chi connectivity index (χ0v) is 34.3. The van der Waals surface area contributed by atoms with Gasteiger partial charge in [-0.25, -0.2) is 18.0 Å². The molecule has 6 amide bonds. The Morgan fingerprint density at radius 2 is 1.76 bits per heavy atom. The predicted molar refractivity (Wildman–Crippen MR) is 210 cm³/mol. The fourth-order valence-corrected chi connectivity index (χ4v) is 10.3. The number of ether oxygens (including phenoxy) is 2. The summed E-state index contributed by atoms with van der Waals surface area (Å²) in [6.45, 7) is 8.17. The maximum atomic E-state index is 14.8. The summed E-state index contributed by atoms with van der Waals surface area (Å²) in [4.78, 5) is 87.8. The number of nitrogens with one attached hydrogen (secondary N) is 3. The molecule has 2 aliphatic carbocycles. The number of carbonyl (C=O) groups is 6. The molecule has 4 heterocycles. The van der Waals surface area contributed by atoms with Gasteiger partial charge in [0, 0.05) is 26.1 Å². The Labute approximate surface area is 339 Å². The Bertz CT molecular complexity index is 1950. The van der Waals surface area contributed by atoms with Crippen LogP contribution in [0.3, 0.4) is 0 Å². The quantitative estimate of drug-likeness (QED) is 0.379. The Hall–Kier alpha value is -4.67. The number of rotatable bonds is 4. The van der Waals surface area contributed by atoms with Crippen molar-refractivity contribution in [1.82, 2.24) is 30.1 Å². The van der Waals surface area contributed by atoms with Crippen LogP contribution in [0.2, 0.25) is 0 Å². The lowest BCUT2D eigenvalue weighted by Crippen LogP contribution is -2.60. The Balaban J connectivity index is 1.22. The number of hydrogen-bond donors (Lipinski definition) is 3. The number of fused-ring (bicyclic) bond motifs is 4. The number of benzene rings is 1. The SMILES string of the molecule is C=CC(=O)N1CCCCCC2CC2(C(=O)NS(=O)(=O)C2CC2)NC(=O)C2CC3CN2C(=O)C(C1)NC(=O)OCC(C)(C)CCCCc1cccc2c1CN(C2)C(=O)O3. The molecule has 316 valence electrons. The normalized spacial score (nSPS) is 29.7. The maximum absolute atomic E-state index is 14.8. The van der Waals surface area contributed by atoms with E-state index in [2.05, 4.69) is 28.0 Å². The largest absolute Gasteiger partial charge is 0.449 e. The summed E-state index contributed by atoms with van der Waals surface area (Å²) in [5.74, 6) is -3.08. The van der Waals surface area contributed by atoms with E-state index in [9.17, 15) is 37.2 Å². The minimum absolute atomic E-state index is 0.0687. The van der Waals surface area contributed by atoms with Crippen LogP contribution < -0.4 is 15.4 Å². The summed E-state index contributed by atoms with van der Waals surface area (Å²) < 4.78 is 39.7. The number of carbonyl (C=O) groups excluding carboxylic acids is 6.